The highest BCUT2D eigenvalue weighted by molar-refractivity contribution is 5.38. The maximum absolute atomic E-state index is 6.15. The smallest absolute Gasteiger partial charge is 0.122 e. The monoisotopic (exact) mass is 281 g/mol. The van der Waals surface area contributed by atoms with Gasteiger partial charge in [-0.15, -0.1) is 0 Å². The van der Waals surface area contributed by atoms with E-state index in [9.17, 15) is 0 Å². The van der Waals surface area contributed by atoms with Crippen LogP contribution in [0.1, 0.15) is 22.3 Å². The lowest BCUT2D eigenvalue weighted by molar-refractivity contribution is 0.126. The highest BCUT2D eigenvalue weighted by Crippen LogP contribution is 2.36. The Morgan fingerprint density at radius 2 is 1.95 bits per heavy atom. The molecule has 0 radical (unpaired) electrons. The van der Waals surface area contributed by atoms with Crippen molar-refractivity contribution >= 4 is 0 Å². The number of rotatable bonds is 3. The molecule has 1 atom stereocenters. The Kier molecular flexibility index (Phi) is 3.73. The van der Waals surface area contributed by atoms with Crippen molar-refractivity contribution in [3.8, 4) is 5.75 Å². The standard InChI is InChI=1S/C19H23NO/c1-14-7-8-15(2)17(9-14)11-19(12-20)10-16-5-3-4-6-18(16)21-13-19/h3-9H,10-13,20H2,1-2H3. The van der Waals surface area contributed by atoms with Gasteiger partial charge in [0.25, 0.3) is 0 Å². The van der Waals surface area contributed by atoms with Crippen LogP contribution in [-0.4, -0.2) is 13.2 Å². The van der Waals surface area contributed by atoms with Gasteiger partial charge in [0.15, 0.2) is 0 Å². The molecule has 0 bridgehead atoms. The van der Waals surface area contributed by atoms with Gasteiger partial charge in [-0.2, -0.15) is 0 Å². The molecule has 0 saturated carbocycles. The van der Waals surface area contributed by atoms with Gasteiger partial charge in [0.05, 0.1) is 6.61 Å². The van der Waals surface area contributed by atoms with E-state index >= 15 is 0 Å². The van der Waals surface area contributed by atoms with Gasteiger partial charge in [0.2, 0.25) is 0 Å². The molecule has 0 spiro atoms. The van der Waals surface area contributed by atoms with Crippen molar-refractivity contribution in [2.45, 2.75) is 26.7 Å². The normalized spacial score (nSPS) is 20.7. The lowest BCUT2D eigenvalue weighted by Gasteiger charge is -2.37. The summed E-state index contributed by atoms with van der Waals surface area (Å²) in [4.78, 5) is 0. The molecule has 1 heterocycles. The van der Waals surface area contributed by atoms with E-state index in [1.807, 2.05) is 12.1 Å². The molecule has 1 aliphatic rings. The first kappa shape index (κ1) is 14.2. The first-order valence-electron chi connectivity index (χ1n) is 7.59. The molecule has 0 amide bonds. The molecule has 0 fully saturated rings. The molecular weight excluding hydrogens is 258 g/mol. The minimum atomic E-state index is 0.00685. The number of benzene rings is 2. The van der Waals surface area contributed by atoms with Crippen LogP contribution >= 0.6 is 0 Å². The van der Waals surface area contributed by atoms with Crippen molar-refractivity contribution in [1.82, 2.24) is 0 Å². The lowest BCUT2D eigenvalue weighted by Crippen LogP contribution is -2.43. The van der Waals surface area contributed by atoms with Crippen molar-refractivity contribution in [2.24, 2.45) is 11.1 Å². The summed E-state index contributed by atoms with van der Waals surface area (Å²) >= 11 is 0. The van der Waals surface area contributed by atoms with E-state index in [0.717, 1.165) is 18.6 Å². The van der Waals surface area contributed by atoms with E-state index in [1.165, 1.54) is 22.3 Å². The van der Waals surface area contributed by atoms with Gasteiger partial charge in [-0.05, 0) is 49.4 Å². The number of aryl methyl sites for hydroxylation is 2. The third-order valence-corrected chi connectivity index (χ3v) is 4.58. The van der Waals surface area contributed by atoms with E-state index in [2.05, 4.69) is 44.2 Å². The summed E-state index contributed by atoms with van der Waals surface area (Å²) < 4.78 is 5.99. The Hall–Kier alpha value is -1.80. The molecule has 21 heavy (non-hydrogen) atoms. The topological polar surface area (TPSA) is 35.2 Å². The number of para-hydroxylation sites is 1. The number of hydrogen-bond donors (Lipinski definition) is 1. The molecule has 2 heteroatoms. The molecule has 0 aromatic heterocycles. The molecule has 2 N–H and O–H groups in total. The summed E-state index contributed by atoms with van der Waals surface area (Å²) in [6, 6.07) is 15.0. The van der Waals surface area contributed by atoms with Crippen LogP contribution in [-0.2, 0) is 12.8 Å². The molecule has 3 rings (SSSR count). The summed E-state index contributed by atoms with van der Waals surface area (Å²) in [7, 11) is 0. The van der Waals surface area contributed by atoms with Crippen molar-refractivity contribution in [3.05, 3.63) is 64.7 Å². The SMILES string of the molecule is Cc1ccc(C)c(CC2(CN)COc3ccccc3C2)c1. The first-order chi connectivity index (χ1) is 10.1. The summed E-state index contributed by atoms with van der Waals surface area (Å²) in [6.45, 7) is 5.67. The van der Waals surface area contributed by atoms with Crippen LogP contribution in [0.3, 0.4) is 0 Å². The van der Waals surface area contributed by atoms with E-state index in [-0.39, 0.29) is 5.41 Å². The van der Waals surface area contributed by atoms with Crippen LogP contribution in [0, 0.1) is 19.3 Å². The quantitative estimate of drug-likeness (QED) is 0.935. The summed E-state index contributed by atoms with van der Waals surface area (Å²) in [5.41, 5.74) is 11.5. The average molecular weight is 281 g/mol. The molecule has 1 aliphatic heterocycles. The maximum atomic E-state index is 6.15. The molecule has 0 aliphatic carbocycles. The van der Waals surface area contributed by atoms with Gasteiger partial charge in [-0.3, -0.25) is 0 Å². The van der Waals surface area contributed by atoms with Gasteiger partial charge in [0.1, 0.15) is 5.75 Å². The van der Waals surface area contributed by atoms with Crippen LogP contribution in [0.2, 0.25) is 0 Å². The van der Waals surface area contributed by atoms with Gasteiger partial charge in [-0.1, -0.05) is 42.0 Å². The Morgan fingerprint density at radius 3 is 2.76 bits per heavy atom. The number of hydrogen-bond acceptors (Lipinski definition) is 2. The molecule has 2 nitrogen and oxygen atoms in total. The zero-order valence-corrected chi connectivity index (χ0v) is 12.9. The predicted octanol–water partition coefficient (Wildman–Crippen LogP) is 3.43. The molecule has 0 saturated heterocycles. The maximum Gasteiger partial charge on any atom is 0.122 e. The molecule has 1 unspecified atom stereocenters. The number of nitrogens with two attached hydrogens (primary N) is 1. The van der Waals surface area contributed by atoms with Crippen molar-refractivity contribution in [2.75, 3.05) is 13.2 Å². The Bertz CT molecular complexity index is 650. The third-order valence-electron chi connectivity index (χ3n) is 4.58. The lowest BCUT2D eigenvalue weighted by atomic mass is 9.75. The zero-order valence-electron chi connectivity index (χ0n) is 12.9. The minimum Gasteiger partial charge on any atom is -0.493 e. The van der Waals surface area contributed by atoms with Crippen LogP contribution in [0.15, 0.2) is 42.5 Å². The fourth-order valence-corrected chi connectivity index (χ4v) is 3.19. The van der Waals surface area contributed by atoms with Crippen molar-refractivity contribution in [3.63, 3.8) is 0 Å². The van der Waals surface area contributed by atoms with Gasteiger partial charge >= 0.3 is 0 Å². The van der Waals surface area contributed by atoms with Crippen molar-refractivity contribution < 1.29 is 4.74 Å². The number of ether oxygens (including phenoxy) is 1. The van der Waals surface area contributed by atoms with E-state index in [4.69, 9.17) is 10.5 Å². The largest absolute Gasteiger partial charge is 0.493 e. The van der Waals surface area contributed by atoms with Crippen LogP contribution in [0.5, 0.6) is 5.75 Å². The van der Waals surface area contributed by atoms with Crippen LogP contribution < -0.4 is 10.5 Å². The summed E-state index contributed by atoms with van der Waals surface area (Å²) in [6.07, 6.45) is 1.97. The van der Waals surface area contributed by atoms with E-state index < -0.39 is 0 Å². The summed E-state index contributed by atoms with van der Waals surface area (Å²) in [5.74, 6) is 1.02. The van der Waals surface area contributed by atoms with Crippen LogP contribution in [0.25, 0.3) is 0 Å². The number of fused-ring (bicyclic) bond motifs is 1. The Labute approximate surface area is 126 Å². The van der Waals surface area contributed by atoms with Crippen molar-refractivity contribution in [1.29, 1.82) is 0 Å². The summed E-state index contributed by atoms with van der Waals surface area (Å²) in [5, 5.41) is 0. The first-order valence-corrected chi connectivity index (χ1v) is 7.59. The van der Waals surface area contributed by atoms with Gasteiger partial charge in [0, 0.05) is 12.0 Å². The Balaban J connectivity index is 1.90. The van der Waals surface area contributed by atoms with Gasteiger partial charge in [-0.25, -0.2) is 0 Å². The second-order valence-corrected chi connectivity index (χ2v) is 6.38. The predicted molar refractivity (Wildman–Crippen MR) is 86.7 cm³/mol. The highest BCUT2D eigenvalue weighted by atomic mass is 16.5. The second-order valence-electron chi connectivity index (χ2n) is 6.38. The minimum absolute atomic E-state index is 0.00685. The second kappa shape index (κ2) is 5.53. The zero-order chi connectivity index (χ0) is 14.9. The molecule has 2 aromatic carbocycles. The van der Waals surface area contributed by atoms with Crippen LogP contribution in [0.4, 0.5) is 0 Å². The molecule has 110 valence electrons. The van der Waals surface area contributed by atoms with Gasteiger partial charge < -0.3 is 10.5 Å². The average Bonchev–Trinajstić information content (AvgIpc) is 2.51. The van der Waals surface area contributed by atoms with E-state index in [1.54, 1.807) is 0 Å². The fourth-order valence-electron chi connectivity index (χ4n) is 3.19. The highest BCUT2D eigenvalue weighted by Gasteiger charge is 2.35. The molecule has 2 aromatic rings. The molecular formula is C19H23NO. The van der Waals surface area contributed by atoms with E-state index in [0.29, 0.717) is 13.2 Å². The fraction of sp³-hybridized carbons (Fsp3) is 0.368. The Morgan fingerprint density at radius 1 is 1.14 bits per heavy atom. The third kappa shape index (κ3) is 2.81.